The van der Waals surface area contributed by atoms with E-state index in [1.165, 1.54) is 0 Å². The van der Waals surface area contributed by atoms with E-state index in [9.17, 15) is 4.79 Å². The predicted molar refractivity (Wildman–Crippen MR) is 109 cm³/mol. The molecule has 1 amide bonds. The van der Waals surface area contributed by atoms with Crippen LogP contribution in [-0.2, 0) is 4.79 Å². The van der Waals surface area contributed by atoms with Crippen LogP contribution in [0.25, 0.3) is 0 Å². The average molecular weight is 409 g/mol. The van der Waals surface area contributed by atoms with E-state index < -0.39 is 0 Å². The molecule has 0 saturated carbocycles. The molecule has 2 heterocycles. The number of rotatable bonds is 6. The Morgan fingerprint density at radius 1 is 1.15 bits per heavy atom. The van der Waals surface area contributed by atoms with Gasteiger partial charge in [-0.05, 0) is 30.3 Å². The minimum absolute atomic E-state index is 0.132. The van der Waals surface area contributed by atoms with Crippen LogP contribution in [0.1, 0.15) is 6.42 Å². The Morgan fingerprint density at radius 3 is 2.56 bits per heavy atom. The third kappa shape index (κ3) is 5.17. The van der Waals surface area contributed by atoms with Gasteiger partial charge >= 0.3 is 0 Å². The monoisotopic (exact) mass is 408 g/mol. The molecule has 3 rings (SSSR count). The third-order valence-electron chi connectivity index (χ3n) is 4.48. The molecule has 27 heavy (non-hydrogen) atoms. The second-order valence-electron chi connectivity index (χ2n) is 6.22. The molecule has 1 aromatic carbocycles. The molecular formula is C19H22Cl2N4O2. The number of carbonyl (C=O) groups is 1. The molecule has 1 fully saturated rings. The lowest BCUT2D eigenvalue weighted by molar-refractivity contribution is -0.131. The van der Waals surface area contributed by atoms with Crippen molar-refractivity contribution in [2.24, 2.45) is 0 Å². The largest absolute Gasteiger partial charge is 0.495 e. The first kappa shape index (κ1) is 19.6. The van der Waals surface area contributed by atoms with Gasteiger partial charge < -0.3 is 19.9 Å². The van der Waals surface area contributed by atoms with E-state index in [0.717, 1.165) is 24.6 Å². The fourth-order valence-corrected chi connectivity index (χ4v) is 3.30. The minimum Gasteiger partial charge on any atom is -0.495 e. The highest BCUT2D eigenvalue weighted by Gasteiger charge is 2.21. The number of pyridine rings is 1. The second kappa shape index (κ2) is 9.15. The number of piperazine rings is 1. The van der Waals surface area contributed by atoms with Gasteiger partial charge in [-0.25, -0.2) is 4.98 Å². The van der Waals surface area contributed by atoms with Crippen molar-refractivity contribution in [1.82, 2.24) is 9.88 Å². The van der Waals surface area contributed by atoms with Crippen molar-refractivity contribution in [2.45, 2.75) is 6.42 Å². The average Bonchev–Trinajstić information content (AvgIpc) is 2.69. The molecule has 0 aliphatic carbocycles. The van der Waals surface area contributed by atoms with E-state index >= 15 is 0 Å². The number of benzene rings is 1. The highest BCUT2D eigenvalue weighted by atomic mass is 35.5. The number of nitrogens with zero attached hydrogens (tertiary/aromatic N) is 3. The molecule has 1 aliphatic heterocycles. The van der Waals surface area contributed by atoms with Crippen molar-refractivity contribution in [1.29, 1.82) is 0 Å². The summed E-state index contributed by atoms with van der Waals surface area (Å²) in [6.07, 6.45) is 2.05. The summed E-state index contributed by atoms with van der Waals surface area (Å²) in [5, 5.41) is 4.47. The third-order valence-corrected chi connectivity index (χ3v) is 4.94. The Morgan fingerprint density at radius 2 is 1.89 bits per heavy atom. The van der Waals surface area contributed by atoms with Crippen LogP contribution in [0.5, 0.6) is 5.75 Å². The zero-order valence-electron chi connectivity index (χ0n) is 15.1. The molecule has 2 aromatic rings. The molecule has 0 unspecified atom stereocenters. The van der Waals surface area contributed by atoms with Gasteiger partial charge in [0, 0.05) is 50.4 Å². The SMILES string of the molecule is COc1ccc(Cl)cc1NCCC(=O)N1CCN(c2ccc(Cl)cn2)CC1. The van der Waals surface area contributed by atoms with Gasteiger partial charge in [-0.1, -0.05) is 23.2 Å². The summed E-state index contributed by atoms with van der Waals surface area (Å²) < 4.78 is 5.30. The predicted octanol–water partition coefficient (Wildman–Crippen LogP) is 3.55. The summed E-state index contributed by atoms with van der Waals surface area (Å²) in [5.41, 5.74) is 0.788. The second-order valence-corrected chi connectivity index (χ2v) is 7.10. The summed E-state index contributed by atoms with van der Waals surface area (Å²) in [5.74, 6) is 1.73. The zero-order chi connectivity index (χ0) is 19.2. The molecule has 1 aromatic heterocycles. The van der Waals surface area contributed by atoms with Crippen LogP contribution in [0.15, 0.2) is 36.5 Å². The van der Waals surface area contributed by atoms with Crippen LogP contribution < -0.4 is 15.0 Å². The van der Waals surface area contributed by atoms with Crippen molar-refractivity contribution in [3.05, 3.63) is 46.6 Å². The molecule has 144 valence electrons. The summed E-state index contributed by atoms with van der Waals surface area (Å²) in [6.45, 7) is 3.41. The summed E-state index contributed by atoms with van der Waals surface area (Å²) in [6, 6.07) is 9.10. The van der Waals surface area contributed by atoms with Crippen LogP contribution in [0.4, 0.5) is 11.5 Å². The summed E-state index contributed by atoms with van der Waals surface area (Å²) >= 11 is 11.9. The maximum absolute atomic E-state index is 12.5. The molecule has 1 N–H and O–H groups in total. The molecule has 8 heteroatoms. The molecular weight excluding hydrogens is 387 g/mol. The number of hydrogen-bond donors (Lipinski definition) is 1. The van der Waals surface area contributed by atoms with Gasteiger partial charge in [0.15, 0.2) is 0 Å². The molecule has 6 nitrogen and oxygen atoms in total. The molecule has 0 spiro atoms. The van der Waals surface area contributed by atoms with E-state index in [1.807, 2.05) is 17.0 Å². The van der Waals surface area contributed by atoms with Crippen molar-refractivity contribution >= 4 is 40.6 Å². The first-order valence-corrected chi connectivity index (χ1v) is 9.54. The topological polar surface area (TPSA) is 57.7 Å². The number of aromatic nitrogens is 1. The normalized spacial score (nSPS) is 14.2. The first-order chi connectivity index (χ1) is 13.1. The van der Waals surface area contributed by atoms with Gasteiger partial charge in [0.05, 0.1) is 17.8 Å². The standard InChI is InChI=1S/C19H22Cl2N4O2/c1-27-17-4-2-14(20)12-16(17)22-7-6-19(26)25-10-8-24(9-11-25)18-5-3-15(21)13-23-18/h2-5,12-13,22H,6-11H2,1H3. The van der Waals surface area contributed by atoms with E-state index in [1.54, 1.807) is 31.5 Å². The highest BCUT2D eigenvalue weighted by Crippen LogP contribution is 2.27. The van der Waals surface area contributed by atoms with Crippen LogP contribution in [0, 0.1) is 0 Å². The Bertz CT molecular complexity index is 778. The lowest BCUT2D eigenvalue weighted by atomic mass is 10.2. The van der Waals surface area contributed by atoms with E-state index in [0.29, 0.717) is 41.8 Å². The van der Waals surface area contributed by atoms with Crippen molar-refractivity contribution in [3.63, 3.8) is 0 Å². The maximum atomic E-state index is 12.5. The van der Waals surface area contributed by atoms with E-state index in [-0.39, 0.29) is 5.91 Å². The number of carbonyl (C=O) groups excluding carboxylic acids is 1. The number of amides is 1. The molecule has 1 saturated heterocycles. The van der Waals surface area contributed by atoms with E-state index in [4.69, 9.17) is 27.9 Å². The van der Waals surface area contributed by atoms with Gasteiger partial charge in [0.2, 0.25) is 5.91 Å². The quantitative estimate of drug-likeness (QED) is 0.791. The Labute approximate surface area is 169 Å². The van der Waals surface area contributed by atoms with Gasteiger partial charge in [0.1, 0.15) is 11.6 Å². The fraction of sp³-hybridized carbons (Fsp3) is 0.368. The lowest BCUT2D eigenvalue weighted by Gasteiger charge is -2.35. The number of nitrogens with one attached hydrogen (secondary N) is 1. The Balaban J connectivity index is 1.46. The smallest absolute Gasteiger partial charge is 0.224 e. The summed E-state index contributed by atoms with van der Waals surface area (Å²) in [4.78, 5) is 20.9. The number of halogens is 2. The zero-order valence-corrected chi connectivity index (χ0v) is 16.6. The Hall–Kier alpha value is -2.18. The van der Waals surface area contributed by atoms with Gasteiger partial charge in [-0.3, -0.25) is 4.79 Å². The molecule has 0 radical (unpaired) electrons. The van der Waals surface area contributed by atoms with Crippen LogP contribution in [0.2, 0.25) is 10.0 Å². The minimum atomic E-state index is 0.132. The lowest BCUT2D eigenvalue weighted by Crippen LogP contribution is -2.49. The summed E-state index contributed by atoms with van der Waals surface area (Å²) in [7, 11) is 1.61. The van der Waals surface area contributed by atoms with Gasteiger partial charge in [-0.15, -0.1) is 0 Å². The van der Waals surface area contributed by atoms with E-state index in [2.05, 4.69) is 15.2 Å². The molecule has 0 bridgehead atoms. The van der Waals surface area contributed by atoms with Crippen molar-refractivity contribution in [3.8, 4) is 5.75 Å². The van der Waals surface area contributed by atoms with Crippen LogP contribution in [0.3, 0.4) is 0 Å². The fourth-order valence-electron chi connectivity index (χ4n) is 3.02. The van der Waals surface area contributed by atoms with Crippen molar-refractivity contribution < 1.29 is 9.53 Å². The maximum Gasteiger partial charge on any atom is 0.224 e. The number of ether oxygens (including phenoxy) is 1. The van der Waals surface area contributed by atoms with Crippen molar-refractivity contribution in [2.75, 3.05) is 50.1 Å². The highest BCUT2D eigenvalue weighted by molar-refractivity contribution is 6.31. The first-order valence-electron chi connectivity index (χ1n) is 8.78. The Kier molecular flexibility index (Phi) is 6.63. The molecule has 0 atom stereocenters. The van der Waals surface area contributed by atoms with Gasteiger partial charge in [0.25, 0.3) is 0 Å². The van der Waals surface area contributed by atoms with Crippen LogP contribution >= 0.6 is 23.2 Å². The molecule has 1 aliphatic rings. The number of anilines is 2. The van der Waals surface area contributed by atoms with Gasteiger partial charge in [-0.2, -0.15) is 0 Å². The van der Waals surface area contributed by atoms with Crippen LogP contribution in [-0.4, -0.2) is 55.6 Å². The number of methoxy groups -OCH3 is 1. The number of hydrogen-bond acceptors (Lipinski definition) is 5.